The van der Waals surface area contributed by atoms with E-state index in [1.165, 1.54) is 0 Å². The molecule has 248 valence electrons. The van der Waals surface area contributed by atoms with E-state index in [0.717, 1.165) is 35.1 Å². The first-order chi connectivity index (χ1) is 22.5. The zero-order chi connectivity index (χ0) is 33.7. The van der Waals surface area contributed by atoms with Gasteiger partial charge in [-0.25, -0.2) is 9.59 Å². The van der Waals surface area contributed by atoms with Crippen LogP contribution in [0.25, 0.3) is 21.9 Å². The van der Waals surface area contributed by atoms with Crippen LogP contribution in [0.1, 0.15) is 77.1 Å². The summed E-state index contributed by atoms with van der Waals surface area (Å²) in [7, 11) is 0. The molecule has 1 aliphatic rings. The van der Waals surface area contributed by atoms with Crippen molar-refractivity contribution in [1.82, 2.24) is 9.88 Å². The monoisotopic (exact) mass is 639 g/mol. The van der Waals surface area contributed by atoms with Gasteiger partial charge in [-0.15, -0.1) is 0 Å². The number of nitrogens with zero attached hydrogens (tertiary/aromatic N) is 1. The number of aromatic nitrogens is 1. The summed E-state index contributed by atoms with van der Waals surface area (Å²) in [5, 5.41) is 6.65. The Morgan fingerprint density at radius 2 is 1.57 bits per heavy atom. The van der Waals surface area contributed by atoms with E-state index in [-0.39, 0.29) is 30.5 Å². The summed E-state index contributed by atoms with van der Waals surface area (Å²) in [5.41, 5.74) is 4.69. The van der Waals surface area contributed by atoms with Gasteiger partial charge in [-0.2, -0.15) is 0 Å². The molecule has 1 aliphatic carbocycles. The molecule has 0 saturated heterocycles. The average molecular weight is 640 g/mol. The van der Waals surface area contributed by atoms with Crippen LogP contribution in [0.2, 0.25) is 0 Å². The number of pyridine rings is 1. The van der Waals surface area contributed by atoms with E-state index >= 15 is 0 Å². The summed E-state index contributed by atoms with van der Waals surface area (Å²) >= 11 is 0. The van der Waals surface area contributed by atoms with Crippen molar-refractivity contribution in [2.75, 3.05) is 18.5 Å². The Morgan fingerprint density at radius 1 is 0.915 bits per heavy atom. The second kappa shape index (κ2) is 14.3. The molecule has 1 heterocycles. The number of hydrogen-bond acceptors (Lipinski definition) is 6. The number of alkyl carbamates (subject to hydrolysis) is 1. The molecule has 5 rings (SSSR count). The molecule has 0 atom stereocenters. The van der Waals surface area contributed by atoms with Gasteiger partial charge >= 0.3 is 12.2 Å². The van der Waals surface area contributed by atoms with Gasteiger partial charge in [0.25, 0.3) is 5.56 Å². The van der Waals surface area contributed by atoms with Crippen molar-refractivity contribution in [3.8, 4) is 16.9 Å². The lowest BCUT2D eigenvalue weighted by Crippen LogP contribution is -2.35. The van der Waals surface area contributed by atoms with Crippen LogP contribution in [0, 0.1) is 5.92 Å². The molecular weight excluding hydrogens is 594 g/mol. The van der Waals surface area contributed by atoms with E-state index in [0.29, 0.717) is 41.1 Å². The van der Waals surface area contributed by atoms with E-state index in [1.54, 1.807) is 43.5 Å². The van der Waals surface area contributed by atoms with Crippen LogP contribution in [-0.2, 0) is 22.6 Å². The summed E-state index contributed by atoms with van der Waals surface area (Å²) in [4.78, 5) is 39.6. The molecule has 2 N–H and O–H groups in total. The Hall–Kier alpha value is -4.79. The molecular formula is C38H45N3O6. The lowest BCUT2D eigenvalue weighted by atomic mass is 9.98. The predicted molar refractivity (Wildman–Crippen MR) is 185 cm³/mol. The van der Waals surface area contributed by atoms with E-state index in [4.69, 9.17) is 14.2 Å². The van der Waals surface area contributed by atoms with E-state index < -0.39 is 17.8 Å². The van der Waals surface area contributed by atoms with Gasteiger partial charge in [-0.05, 0) is 73.6 Å². The fourth-order valence-electron chi connectivity index (χ4n) is 5.98. The predicted octanol–water partition coefficient (Wildman–Crippen LogP) is 8.22. The largest absolute Gasteiger partial charge is 0.491 e. The normalized spacial score (nSPS) is 12.5. The summed E-state index contributed by atoms with van der Waals surface area (Å²) in [6, 6.07) is 21.5. The van der Waals surface area contributed by atoms with Crippen molar-refractivity contribution in [2.24, 2.45) is 5.92 Å². The van der Waals surface area contributed by atoms with Crippen molar-refractivity contribution < 1.29 is 23.8 Å². The molecule has 47 heavy (non-hydrogen) atoms. The Balaban J connectivity index is 1.43. The number of unbranched alkanes of at least 4 members (excludes halogenated alkanes) is 1. The van der Waals surface area contributed by atoms with E-state index in [2.05, 4.69) is 41.8 Å². The van der Waals surface area contributed by atoms with E-state index in [1.807, 2.05) is 38.1 Å². The van der Waals surface area contributed by atoms with Gasteiger partial charge in [0, 0.05) is 23.5 Å². The molecule has 0 aliphatic heterocycles. The quantitative estimate of drug-likeness (QED) is 0.160. The Morgan fingerprint density at radius 3 is 2.19 bits per heavy atom. The first-order valence-corrected chi connectivity index (χ1v) is 16.4. The van der Waals surface area contributed by atoms with Crippen molar-refractivity contribution in [3.05, 3.63) is 93.9 Å². The molecule has 2 amide bonds. The lowest BCUT2D eigenvalue weighted by molar-refractivity contribution is 0.0521. The van der Waals surface area contributed by atoms with Gasteiger partial charge in [0.15, 0.2) is 0 Å². The number of carbonyl (C=O) groups is 2. The summed E-state index contributed by atoms with van der Waals surface area (Å²) in [5.74, 6) is 0.576. The van der Waals surface area contributed by atoms with Gasteiger partial charge < -0.3 is 24.1 Å². The van der Waals surface area contributed by atoms with Crippen molar-refractivity contribution >= 4 is 28.6 Å². The van der Waals surface area contributed by atoms with Crippen LogP contribution in [0.4, 0.5) is 15.3 Å². The van der Waals surface area contributed by atoms with Crippen LogP contribution in [-0.4, -0.2) is 35.6 Å². The van der Waals surface area contributed by atoms with Crippen LogP contribution in [0.5, 0.6) is 5.75 Å². The molecule has 4 aromatic rings. The fraction of sp³-hybridized carbons (Fsp3) is 0.395. The van der Waals surface area contributed by atoms with Crippen molar-refractivity contribution in [1.29, 1.82) is 0 Å². The number of amides is 2. The van der Waals surface area contributed by atoms with Gasteiger partial charge in [-0.1, -0.05) is 75.7 Å². The third-order valence-corrected chi connectivity index (χ3v) is 8.01. The van der Waals surface area contributed by atoms with Crippen LogP contribution in [0.3, 0.4) is 0 Å². The average Bonchev–Trinajstić information content (AvgIpc) is 3.34. The third-order valence-electron chi connectivity index (χ3n) is 8.01. The highest BCUT2D eigenvalue weighted by Gasteiger charge is 2.29. The SMILES string of the molecule is CCCCOc1c(CNC(=O)OC(C)(C)C)n(CC(C)C)c(=O)c2ccc(NC(=O)OCC3c4ccccc4-c4ccccc43)cc12. The number of nitrogens with one attached hydrogen (secondary N) is 2. The van der Waals surface area contributed by atoms with Gasteiger partial charge in [0.2, 0.25) is 0 Å². The maximum atomic E-state index is 13.9. The number of benzene rings is 3. The number of hydrogen-bond donors (Lipinski definition) is 2. The molecule has 9 nitrogen and oxygen atoms in total. The van der Waals surface area contributed by atoms with Crippen molar-refractivity contribution in [3.63, 3.8) is 0 Å². The Labute approximate surface area is 276 Å². The van der Waals surface area contributed by atoms with Crippen LogP contribution >= 0.6 is 0 Å². The van der Waals surface area contributed by atoms with E-state index in [9.17, 15) is 14.4 Å². The molecule has 1 aromatic heterocycles. The minimum Gasteiger partial charge on any atom is -0.491 e. The topological polar surface area (TPSA) is 108 Å². The summed E-state index contributed by atoms with van der Waals surface area (Å²) in [6.07, 6.45) is 0.538. The molecule has 9 heteroatoms. The van der Waals surface area contributed by atoms with Gasteiger partial charge in [0.1, 0.15) is 18.0 Å². The summed E-state index contributed by atoms with van der Waals surface area (Å²) < 4.78 is 19.2. The van der Waals surface area contributed by atoms with Crippen molar-refractivity contribution in [2.45, 2.75) is 79.0 Å². The van der Waals surface area contributed by atoms with Crippen LogP contribution < -0.4 is 20.9 Å². The zero-order valence-electron chi connectivity index (χ0n) is 28.1. The highest BCUT2D eigenvalue weighted by molar-refractivity contribution is 5.94. The minimum atomic E-state index is -0.675. The Bertz CT molecular complexity index is 1780. The molecule has 0 unspecified atom stereocenters. The standard InChI is InChI=1S/C38H45N3O6/c1-7-8-19-45-34-31-20-25(40-37(44)46-23-32-28-15-11-9-13-26(28)27-14-10-12-16-29(27)32)17-18-30(31)35(42)41(22-24(2)3)33(34)21-39-36(43)47-38(4,5)6/h9-18,20,24,32H,7-8,19,21-23H2,1-6H3,(H,39,43)(H,40,44). The first kappa shape index (κ1) is 33.6. The zero-order valence-corrected chi connectivity index (χ0v) is 28.1. The first-order valence-electron chi connectivity index (χ1n) is 16.4. The number of carbonyl (C=O) groups excluding carboxylic acids is 2. The highest BCUT2D eigenvalue weighted by Crippen LogP contribution is 2.44. The molecule has 3 aromatic carbocycles. The highest BCUT2D eigenvalue weighted by atomic mass is 16.6. The third kappa shape index (κ3) is 7.79. The molecule has 0 spiro atoms. The molecule has 0 bridgehead atoms. The number of rotatable bonds is 11. The molecule has 0 fully saturated rings. The number of anilines is 1. The maximum Gasteiger partial charge on any atom is 0.411 e. The maximum absolute atomic E-state index is 13.9. The Kier molecular flexibility index (Phi) is 10.2. The second-order valence-corrected chi connectivity index (χ2v) is 13.4. The number of fused-ring (bicyclic) bond motifs is 4. The number of ether oxygens (including phenoxy) is 3. The lowest BCUT2D eigenvalue weighted by Gasteiger charge is -2.23. The second-order valence-electron chi connectivity index (χ2n) is 13.4. The smallest absolute Gasteiger partial charge is 0.411 e. The molecule has 0 saturated carbocycles. The van der Waals surface area contributed by atoms with Gasteiger partial charge in [0.05, 0.1) is 24.2 Å². The minimum absolute atomic E-state index is 0.0261. The molecule has 0 radical (unpaired) electrons. The fourth-order valence-corrected chi connectivity index (χ4v) is 5.98. The van der Waals surface area contributed by atoms with Gasteiger partial charge in [-0.3, -0.25) is 10.1 Å². The summed E-state index contributed by atoms with van der Waals surface area (Å²) in [6.45, 7) is 12.6. The van der Waals surface area contributed by atoms with Crippen LogP contribution in [0.15, 0.2) is 71.5 Å².